The Hall–Kier alpha value is -1.85. The molecule has 0 saturated carbocycles. The zero-order valence-corrected chi connectivity index (χ0v) is 11.2. The van der Waals surface area contributed by atoms with Gasteiger partial charge in [-0.3, -0.25) is 5.84 Å². The molecule has 0 aliphatic carbocycles. The van der Waals surface area contributed by atoms with Gasteiger partial charge in [-0.15, -0.1) is 0 Å². The van der Waals surface area contributed by atoms with E-state index in [1.165, 1.54) is 25.1 Å². The van der Waals surface area contributed by atoms with Crippen molar-refractivity contribution in [2.75, 3.05) is 0 Å². The number of hydrogen-bond donors (Lipinski definition) is 2. The molecule has 1 atom stereocenters. The summed E-state index contributed by atoms with van der Waals surface area (Å²) in [5.41, 5.74) is 3.48. The van der Waals surface area contributed by atoms with Crippen molar-refractivity contribution in [2.24, 2.45) is 5.84 Å². The van der Waals surface area contributed by atoms with Crippen LogP contribution in [0.5, 0.6) is 0 Å². The lowest BCUT2D eigenvalue weighted by molar-refractivity contribution is 0.473. The average Bonchev–Trinajstić information content (AvgIpc) is 2.43. The second-order valence-corrected chi connectivity index (χ2v) is 4.72. The number of nitrogens with one attached hydrogen (secondary N) is 1. The Bertz CT molecular complexity index is 641. The summed E-state index contributed by atoms with van der Waals surface area (Å²) >= 11 is 0. The molecule has 2 aromatic rings. The number of nitrogens with two attached hydrogens (primary N) is 1. The van der Waals surface area contributed by atoms with E-state index in [-0.39, 0.29) is 16.7 Å². The van der Waals surface area contributed by atoms with Crippen LogP contribution >= 0.6 is 0 Å². The van der Waals surface area contributed by atoms with Crippen LogP contribution in [-0.4, -0.2) is 0 Å². The first kappa shape index (κ1) is 14.6. The van der Waals surface area contributed by atoms with Gasteiger partial charge in [-0.1, -0.05) is 29.8 Å². The smallest absolute Gasteiger partial charge is 0.164 e. The van der Waals surface area contributed by atoms with Gasteiger partial charge in [-0.05, 0) is 25.5 Å². The Kier molecular flexibility index (Phi) is 4.11. The first-order valence-corrected chi connectivity index (χ1v) is 6.12. The lowest BCUT2D eigenvalue weighted by atomic mass is 9.96. The van der Waals surface area contributed by atoms with Gasteiger partial charge >= 0.3 is 0 Å². The van der Waals surface area contributed by atoms with E-state index in [2.05, 4.69) is 5.43 Å². The third-order valence-corrected chi connectivity index (χ3v) is 3.25. The summed E-state index contributed by atoms with van der Waals surface area (Å²) < 4.78 is 41.6. The van der Waals surface area contributed by atoms with Crippen molar-refractivity contribution >= 4 is 0 Å². The van der Waals surface area contributed by atoms with Gasteiger partial charge in [0.2, 0.25) is 0 Å². The minimum Gasteiger partial charge on any atom is -0.271 e. The molecule has 0 heterocycles. The molecule has 0 amide bonds. The monoisotopic (exact) mass is 280 g/mol. The summed E-state index contributed by atoms with van der Waals surface area (Å²) in [6.45, 7) is 3.24. The van der Waals surface area contributed by atoms with Gasteiger partial charge in [0.25, 0.3) is 0 Å². The maximum Gasteiger partial charge on any atom is 0.164 e. The zero-order valence-electron chi connectivity index (χ0n) is 11.2. The number of halogens is 3. The normalized spacial score (nSPS) is 12.5. The number of benzene rings is 2. The third-order valence-electron chi connectivity index (χ3n) is 3.25. The van der Waals surface area contributed by atoms with Crippen molar-refractivity contribution in [3.8, 4) is 0 Å². The molecule has 3 N–H and O–H groups in total. The fourth-order valence-corrected chi connectivity index (χ4v) is 2.12. The molecule has 2 aromatic carbocycles. The van der Waals surface area contributed by atoms with Gasteiger partial charge in [-0.2, -0.15) is 0 Å². The first-order chi connectivity index (χ1) is 9.45. The molecular weight excluding hydrogens is 265 g/mol. The summed E-state index contributed by atoms with van der Waals surface area (Å²) in [6.07, 6.45) is 0. The topological polar surface area (TPSA) is 38.0 Å². The molecule has 0 aromatic heterocycles. The third kappa shape index (κ3) is 2.55. The highest BCUT2D eigenvalue weighted by atomic mass is 19.2. The van der Waals surface area contributed by atoms with Crippen LogP contribution in [0.2, 0.25) is 0 Å². The van der Waals surface area contributed by atoms with E-state index in [9.17, 15) is 13.2 Å². The molecule has 2 nitrogen and oxygen atoms in total. The quantitative estimate of drug-likeness (QED) is 0.669. The van der Waals surface area contributed by atoms with Gasteiger partial charge in [0.1, 0.15) is 5.82 Å². The fraction of sp³-hybridized carbons (Fsp3) is 0.200. The highest BCUT2D eigenvalue weighted by Crippen LogP contribution is 2.28. The number of rotatable bonds is 3. The molecule has 1 unspecified atom stereocenters. The van der Waals surface area contributed by atoms with Gasteiger partial charge in [-0.25, -0.2) is 18.6 Å². The van der Waals surface area contributed by atoms with Crippen LogP contribution in [0.25, 0.3) is 0 Å². The Morgan fingerprint density at radius 2 is 1.65 bits per heavy atom. The van der Waals surface area contributed by atoms with E-state index in [0.717, 1.165) is 5.56 Å². The summed E-state index contributed by atoms with van der Waals surface area (Å²) in [4.78, 5) is 0. The van der Waals surface area contributed by atoms with Gasteiger partial charge in [0, 0.05) is 11.1 Å². The summed E-state index contributed by atoms with van der Waals surface area (Å²) in [6, 6.07) is 6.31. The predicted octanol–water partition coefficient (Wildman–Crippen LogP) is 3.27. The van der Waals surface area contributed by atoms with Crippen molar-refractivity contribution in [2.45, 2.75) is 19.9 Å². The first-order valence-electron chi connectivity index (χ1n) is 6.12. The van der Waals surface area contributed by atoms with Crippen LogP contribution in [0.15, 0.2) is 30.3 Å². The van der Waals surface area contributed by atoms with Crippen LogP contribution in [0.1, 0.15) is 28.3 Å². The van der Waals surface area contributed by atoms with Gasteiger partial charge in [0.15, 0.2) is 11.6 Å². The summed E-state index contributed by atoms with van der Waals surface area (Å²) in [7, 11) is 0. The molecule has 20 heavy (non-hydrogen) atoms. The van der Waals surface area contributed by atoms with E-state index in [4.69, 9.17) is 5.84 Å². The fourth-order valence-electron chi connectivity index (χ4n) is 2.12. The maximum atomic E-state index is 14.0. The van der Waals surface area contributed by atoms with Crippen LogP contribution in [0.4, 0.5) is 13.2 Å². The summed E-state index contributed by atoms with van der Waals surface area (Å²) in [5, 5.41) is 0. The van der Waals surface area contributed by atoms with E-state index < -0.39 is 23.5 Å². The van der Waals surface area contributed by atoms with E-state index >= 15 is 0 Å². The summed E-state index contributed by atoms with van der Waals surface area (Å²) in [5.74, 6) is 2.91. The standard InChI is InChI=1S/C15H15F3N2/c1-8-3-6-12(16)11(7-8)15(20-19)10-5-4-9(2)13(17)14(10)18/h3-7,15,20H,19H2,1-2H3. The lowest BCUT2D eigenvalue weighted by Crippen LogP contribution is -2.30. The highest BCUT2D eigenvalue weighted by molar-refractivity contribution is 5.37. The molecule has 106 valence electrons. The van der Waals surface area contributed by atoms with Crippen LogP contribution in [0.3, 0.4) is 0 Å². The Balaban J connectivity index is 2.58. The molecule has 0 fully saturated rings. The Labute approximate surface area is 115 Å². The van der Waals surface area contributed by atoms with Crippen molar-refractivity contribution in [3.63, 3.8) is 0 Å². The molecule has 0 saturated heterocycles. The van der Waals surface area contributed by atoms with E-state index in [1.807, 2.05) is 0 Å². The van der Waals surface area contributed by atoms with Crippen LogP contribution in [-0.2, 0) is 0 Å². The molecule has 5 heteroatoms. The molecule has 2 rings (SSSR count). The van der Waals surface area contributed by atoms with Crippen molar-refractivity contribution in [1.82, 2.24) is 5.43 Å². The molecule has 0 radical (unpaired) electrons. The Morgan fingerprint density at radius 1 is 0.950 bits per heavy atom. The average molecular weight is 280 g/mol. The van der Waals surface area contributed by atoms with Crippen molar-refractivity contribution < 1.29 is 13.2 Å². The van der Waals surface area contributed by atoms with Crippen LogP contribution < -0.4 is 11.3 Å². The molecule has 0 bridgehead atoms. The molecule has 0 aliphatic rings. The molecule has 0 aliphatic heterocycles. The minimum absolute atomic E-state index is 0.0277. The van der Waals surface area contributed by atoms with E-state index in [0.29, 0.717) is 0 Å². The van der Waals surface area contributed by atoms with Gasteiger partial charge < -0.3 is 0 Å². The lowest BCUT2D eigenvalue weighted by Gasteiger charge is -2.19. The minimum atomic E-state index is -1.02. The number of aryl methyl sites for hydroxylation is 2. The second kappa shape index (κ2) is 5.64. The Morgan fingerprint density at radius 3 is 2.30 bits per heavy atom. The maximum absolute atomic E-state index is 14.0. The van der Waals surface area contributed by atoms with Gasteiger partial charge in [0.05, 0.1) is 6.04 Å². The van der Waals surface area contributed by atoms with Crippen LogP contribution in [0, 0.1) is 31.3 Å². The predicted molar refractivity (Wildman–Crippen MR) is 71.4 cm³/mol. The SMILES string of the molecule is Cc1ccc(F)c(C(NN)c2ccc(C)c(F)c2F)c1. The van der Waals surface area contributed by atoms with Crippen molar-refractivity contribution in [3.05, 3.63) is 70.0 Å². The number of hydrazine groups is 1. The number of hydrogen-bond acceptors (Lipinski definition) is 2. The molecular formula is C15H15F3N2. The highest BCUT2D eigenvalue weighted by Gasteiger charge is 2.22. The molecule has 0 spiro atoms. The second-order valence-electron chi connectivity index (χ2n) is 4.72. The zero-order chi connectivity index (χ0) is 14.9. The largest absolute Gasteiger partial charge is 0.271 e. The van der Waals surface area contributed by atoms with E-state index in [1.54, 1.807) is 19.1 Å². The van der Waals surface area contributed by atoms with Crippen molar-refractivity contribution in [1.29, 1.82) is 0 Å².